The zero-order chi connectivity index (χ0) is 16.4. The molecule has 122 valence electrons. The highest BCUT2D eigenvalue weighted by atomic mass is 35.5. The minimum Gasteiger partial charge on any atom is -0.480 e. The van der Waals surface area contributed by atoms with E-state index >= 15 is 0 Å². The van der Waals surface area contributed by atoms with Crippen molar-refractivity contribution < 1.29 is 9.90 Å². The lowest BCUT2D eigenvalue weighted by atomic mass is 9.71. The number of rotatable bonds is 2. The first-order valence-electron chi connectivity index (χ1n) is 8.18. The number of H-pyrrole nitrogens is 1. The lowest BCUT2D eigenvalue weighted by molar-refractivity contribution is -0.167. The second kappa shape index (κ2) is 4.74. The lowest BCUT2D eigenvalue weighted by Gasteiger charge is -2.55. The summed E-state index contributed by atoms with van der Waals surface area (Å²) in [4.78, 5) is 17.7. The summed E-state index contributed by atoms with van der Waals surface area (Å²) in [5, 5.41) is 11.7. The van der Waals surface area contributed by atoms with Crippen LogP contribution in [0.1, 0.15) is 44.4 Å². The number of hydrogen-bond donors (Lipinski definition) is 2. The monoisotopic (exact) mass is 332 g/mol. The third kappa shape index (κ3) is 1.91. The molecule has 0 bridgehead atoms. The van der Waals surface area contributed by atoms with E-state index in [9.17, 15) is 9.90 Å². The van der Waals surface area contributed by atoms with E-state index in [-0.39, 0.29) is 5.54 Å². The number of nitrogens with one attached hydrogen (secondary N) is 1. The molecule has 0 spiro atoms. The van der Waals surface area contributed by atoms with E-state index in [0.29, 0.717) is 0 Å². The molecule has 0 unspecified atom stereocenters. The van der Waals surface area contributed by atoms with Crippen molar-refractivity contribution in [2.24, 2.45) is 0 Å². The van der Waals surface area contributed by atoms with E-state index in [2.05, 4.69) is 23.7 Å². The molecular weight excluding hydrogens is 312 g/mol. The molecule has 1 fully saturated rings. The van der Waals surface area contributed by atoms with Gasteiger partial charge in [-0.05, 0) is 63.3 Å². The molecule has 2 N–H and O–H groups in total. The van der Waals surface area contributed by atoms with Crippen LogP contribution in [0.4, 0.5) is 0 Å². The van der Waals surface area contributed by atoms with Crippen LogP contribution in [0.25, 0.3) is 10.9 Å². The van der Waals surface area contributed by atoms with Crippen LogP contribution < -0.4 is 0 Å². The Morgan fingerprint density at radius 2 is 2.09 bits per heavy atom. The van der Waals surface area contributed by atoms with Gasteiger partial charge >= 0.3 is 5.97 Å². The van der Waals surface area contributed by atoms with Crippen molar-refractivity contribution in [3.05, 3.63) is 34.5 Å². The van der Waals surface area contributed by atoms with E-state index < -0.39 is 11.5 Å². The normalized spacial score (nSPS) is 22.6. The average molecular weight is 333 g/mol. The first-order chi connectivity index (χ1) is 10.9. The lowest BCUT2D eigenvalue weighted by Crippen LogP contribution is -2.66. The summed E-state index contributed by atoms with van der Waals surface area (Å²) in [6.45, 7) is 5.03. The molecule has 23 heavy (non-hydrogen) atoms. The van der Waals surface area contributed by atoms with Crippen LogP contribution in [-0.4, -0.2) is 33.0 Å². The second-order valence-corrected chi connectivity index (χ2v) is 7.76. The highest BCUT2D eigenvalue weighted by molar-refractivity contribution is 6.31. The predicted molar refractivity (Wildman–Crippen MR) is 91.0 cm³/mol. The first kappa shape index (κ1) is 15.0. The number of hydrogen-bond acceptors (Lipinski definition) is 2. The summed E-state index contributed by atoms with van der Waals surface area (Å²) in [6, 6.07) is 5.91. The fraction of sp³-hybridized carbons (Fsp3) is 0.500. The van der Waals surface area contributed by atoms with Crippen LogP contribution >= 0.6 is 11.6 Å². The maximum atomic E-state index is 12.0. The fourth-order valence-corrected chi connectivity index (χ4v) is 4.67. The highest BCUT2D eigenvalue weighted by Crippen LogP contribution is 2.48. The SMILES string of the molecule is CC1(C)c2[nH]c3ccc(Cl)cc3c2CCN1C1(C(=O)O)CCC1. The van der Waals surface area contributed by atoms with Crippen molar-refractivity contribution in [1.29, 1.82) is 0 Å². The van der Waals surface area contributed by atoms with Gasteiger partial charge in [0.2, 0.25) is 0 Å². The Kier molecular flexibility index (Phi) is 3.10. The second-order valence-electron chi connectivity index (χ2n) is 7.32. The average Bonchev–Trinajstić information content (AvgIpc) is 2.79. The molecule has 1 aromatic heterocycles. The van der Waals surface area contributed by atoms with Gasteiger partial charge < -0.3 is 10.1 Å². The van der Waals surface area contributed by atoms with Gasteiger partial charge in [0.1, 0.15) is 5.54 Å². The summed E-state index contributed by atoms with van der Waals surface area (Å²) in [6.07, 6.45) is 3.34. The Hall–Kier alpha value is -1.52. The summed E-state index contributed by atoms with van der Waals surface area (Å²) in [7, 11) is 0. The molecule has 4 nitrogen and oxygen atoms in total. The van der Waals surface area contributed by atoms with Gasteiger partial charge in [-0.25, -0.2) is 0 Å². The molecule has 0 saturated heterocycles. The number of aromatic nitrogens is 1. The number of benzene rings is 1. The van der Waals surface area contributed by atoms with Gasteiger partial charge in [-0.15, -0.1) is 0 Å². The van der Waals surface area contributed by atoms with E-state index in [1.807, 2.05) is 18.2 Å². The molecule has 0 atom stereocenters. The number of carboxylic acids is 1. The number of halogens is 1. The van der Waals surface area contributed by atoms with Gasteiger partial charge in [-0.2, -0.15) is 0 Å². The summed E-state index contributed by atoms with van der Waals surface area (Å²) in [5.41, 5.74) is 2.46. The van der Waals surface area contributed by atoms with E-state index in [0.717, 1.165) is 48.5 Å². The van der Waals surface area contributed by atoms with Crippen LogP contribution in [0.5, 0.6) is 0 Å². The number of nitrogens with zero attached hydrogens (tertiary/aromatic N) is 1. The Bertz CT molecular complexity index is 805. The largest absolute Gasteiger partial charge is 0.480 e. The number of aromatic amines is 1. The third-order valence-electron chi connectivity index (χ3n) is 5.84. The topological polar surface area (TPSA) is 56.3 Å². The molecule has 4 rings (SSSR count). The minimum absolute atomic E-state index is 0.335. The van der Waals surface area contributed by atoms with E-state index in [4.69, 9.17) is 11.6 Å². The summed E-state index contributed by atoms with van der Waals surface area (Å²) < 4.78 is 0. The summed E-state index contributed by atoms with van der Waals surface area (Å²) in [5.74, 6) is -0.681. The number of carboxylic acid groups (broad SMARTS) is 1. The standard InChI is InChI=1S/C18H21ClN2O2/c1-17(2)15-12(13-10-11(19)4-5-14(13)20-15)6-9-21(17)18(16(22)23)7-3-8-18/h4-5,10,20H,3,6-9H2,1-2H3,(H,22,23). The predicted octanol–water partition coefficient (Wildman–Crippen LogP) is 3.92. The summed E-state index contributed by atoms with van der Waals surface area (Å²) >= 11 is 6.16. The van der Waals surface area contributed by atoms with E-state index in [1.54, 1.807) is 0 Å². The number of carbonyl (C=O) groups is 1. The van der Waals surface area contributed by atoms with Crippen LogP contribution in [0, 0.1) is 0 Å². The molecule has 0 radical (unpaired) electrons. The van der Waals surface area contributed by atoms with Crippen molar-refractivity contribution in [2.45, 2.75) is 50.6 Å². The Morgan fingerprint density at radius 3 is 2.70 bits per heavy atom. The molecule has 0 amide bonds. The smallest absolute Gasteiger partial charge is 0.324 e. The van der Waals surface area contributed by atoms with Gasteiger partial charge in [0.15, 0.2) is 0 Å². The van der Waals surface area contributed by atoms with Crippen LogP contribution in [-0.2, 0) is 16.8 Å². The van der Waals surface area contributed by atoms with Gasteiger partial charge in [-0.3, -0.25) is 9.69 Å². The quantitative estimate of drug-likeness (QED) is 0.876. The van der Waals surface area contributed by atoms with Crippen molar-refractivity contribution in [3.8, 4) is 0 Å². The molecule has 1 aromatic carbocycles. The van der Waals surface area contributed by atoms with Crippen molar-refractivity contribution in [2.75, 3.05) is 6.54 Å². The molecule has 2 aliphatic rings. The molecule has 1 aliphatic carbocycles. The number of fused-ring (bicyclic) bond motifs is 3. The Balaban J connectivity index is 1.86. The fourth-order valence-electron chi connectivity index (χ4n) is 4.50. The maximum absolute atomic E-state index is 12.0. The van der Waals surface area contributed by atoms with Gasteiger partial charge in [0.25, 0.3) is 0 Å². The first-order valence-corrected chi connectivity index (χ1v) is 8.56. The Labute approximate surface area is 140 Å². The molecule has 1 saturated carbocycles. The molecular formula is C18H21ClN2O2. The third-order valence-corrected chi connectivity index (χ3v) is 6.07. The van der Waals surface area contributed by atoms with Crippen LogP contribution in [0.2, 0.25) is 5.02 Å². The molecule has 5 heteroatoms. The Morgan fingerprint density at radius 1 is 1.35 bits per heavy atom. The van der Waals surface area contributed by atoms with Crippen molar-refractivity contribution in [1.82, 2.24) is 9.88 Å². The maximum Gasteiger partial charge on any atom is 0.324 e. The van der Waals surface area contributed by atoms with Gasteiger partial charge in [-0.1, -0.05) is 11.6 Å². The van der Waals surface area contributed by atoms with E-state index in [1.165, 1.54) is 10.9 Å². The van der Waals surface area contributed by atoms with Gasteiger partial charge in [0.05, 0.1) is 5.54 Å². The zero-order valence-electron chi connectivity index (χ0n) is 13.4. The van der Waals surface area contributed by atoms with Gasteiger partial charge in [0, 0.05) is 28.2 Å². The molecule has 1 aliphatic heterocycles. The van der Waals surface area contributed by atoms with Crippen molar-refractivity contribution >= 4 is 28.5 Å². The van der Waals surface area contributed by atoms with Crippen LogP contribution in [0.15, 0.2) is 18.2 Å². The minimum atomic E-state index is -0.698. The van der Waals surface area contributed by atoms with Crippen molar-refractivity contribution in [3.63, 3.8) is 0 Å². The zero-order valence-corrected chi connectivity index (χ0v) is 14.2. The highest BCUT2D eigenvalue weighted by Gasteiger charge is 2.55. The molecule has 2 heterocycles. The van der Waals surface area contributed by atoms with Crippen LogP contribution in [0.3, 0.4) is 0 Å². The number of aliphatic carboxylic acids is 1. The molecule has 2 aromatic rings.